The fourth-order valence-corrected chi connectivity index (χ4v) is 6.32. The predicted octanol–water partition coefficient (Wildman–Crippen LogP) is -1.78. The topological polar surface area (TPSA) is 347 Å². The zero-order valence-corrected chi connectivity index (χ0v) is 32.7. The molecule has 0 aromatic carbocycles. The van der Waals surface area contributed by atoms with Gasteiger partial charge in [0.05, 0.1) is 26.2 Å². The second-order valence-electron chi connectivity index (χ2n) is 14.4. The molecule has 0 bridgehead atoms. The van der Waals surface area contributed by atoms with E-state index < -0.39 is 112 Å². The molecular formula is C33H55N5O17S. The Morgan fingerprint density at radius 3 is 1.82 bits per heavy atom. The van der Waals surface area contributed by atoms with Crippen molar-refractivity contribution in [3.8, 4) is 0 Å². The van der Waals surface area contributed by atoms with Crippen molar-refractivity contribution in [1.82, 2.24) is 26.6 Å². The van der Waals surface area contributed by atoms with E-state index in [-0.39, 0.29) is 64.9 Å². The fourth-order valence-electron chi connectivity index (χ4n) is 5.66. The molecule has 0 saturated carbocycles. The lowest BCUT2D eigenvalue weighted by Gasteiger charge is -2.34. The Kier molecular flexibility index (Phi) is 23.3. The van der Waals surface area contributed by atoms with Crippen molar-refractivity contribution < 1.29 is 80.9 Å². The van der Waals surface area contributed by atoms with E-state index in [2.05, 4.69) is 26.6 Å². The van der Waals surface area contributed by atoms with Crippen LogP contribution in [0.4, 0.5) is 0 Å². The molecule has 23 heteroatoms. The summed E-state index contributed by atoms with van der Waals surface area (Å²) in [4.78, 5) is 106. The van der Waals surface area contributed by atoms with Crippen molar-refractivity contribution in [2.45, 2.75) is 97.2 Å². The number of carbonyl (C=O) groups is 9. The molecule has 0 aliphatic carbocycles. The Hall–Kier alpha value is -4.74. The van der Waals surface area contributed by atoms with Gasteiger partial charge in [0.1, 0.15) is 30.5 Å². The van der Waals surface area contributed by atoms with Crippen LogP contribution in [0.1, 0.15) is 79.1 Å². The standard InChI is InChI=1S/C33H55N5O17S/c1-32(2,20-33(3,4)16-28(44)45)15-25(41)37-23(19-56(51,52)53)29(46)38-22(31(49)50)8-9-24(40)35-11-12-54-13-14-55-18-27(43)36-21(30(47)48)7-5-6-10-34-26(42)17-39/h17,21-23H,5-16,18-20H2,1-4H3,(H,34,42)(H,35,40)(H,36,43)(H,37,41)(H,38,46)(H,44,45)(H,47,48)(H,49,50)(H,51,52,53). The number of aliphatic carboxylic acids is 3. The number of nitrogens with one attached hydrogen (secondary N) is 5. The number of carbonyl (C=O) groups excluding carboxylic acids is 6. The van der Waals surface area contributed by atoms with Crippen LogP contribution in [0, 0.1) is 10.8 Å². The molecule has 0 saturated heterocycles. The maximum atomic E-state index is 12.9. The van der Waals surface area contributed by atoms with Gasteiger partial charge in [0.2, 0.25) is 29.9 Å². The van der Waals surface area contributed by atoms with Gasteiger partial charge in [-0.3, -0.25) is 38.1 Å². The Balaban J connectivity index is 4.72. The molecular weight excluding hydrogens is 770 g/mol. The largest absolute Gasteiger partial charge is 0.481 e. The van der Waals surface area contributed by atoms with E-state index in [4.69, 9.17) is 14.6 Å². The third kappa shape index (κ3) is 26.1. The maximum Gasteiger partial charge on any atom is 0.326 e. The molecule has 9 N–H and O–H groups in total. The number of amides is 5. The van der Waals surface area contributed by atoms with E-state index in [9.17, 15) is 66.3 Å². The first-order valence-electron chi connectivity index (χ1n) is 17.5. The minimum absolute atomic E-state index is 0.00733. The van der Waals surface area contributed by atoms with Crippen LogP contribution >= 0.6 is 0 Å². The van der Waals surface area contributed by atoms with Crippen molar-refractivity contribution in [1.29, 1.82) is 0 Å². The van der Waals surface area contributed by atoms with Crippen LogP contribution in [0.2, 0.25) is 0 Å². The molecule has 0 radical (unpaired) electrons. The van der Waals surface area contributed by atoms with Gasteiger partial charge in [-0.2, -0.15) is 8.42 Å². The molecule has 0 heterocycles. The van der Waals surface area contributed by atoms with Crippen molar-refractivity contribution >= 4 is 63.8 Å². The Morgan fingerprint density at radius 1 is 0.679 bits per heavy atom. The molecule has 22 nitrogen and oxygen atoms in total. The first kappa shape index (κ1) is 51.3. The van der Waals surface area contributed by atoms with Crippen LogP contribution < -0.4 is 26.6 Å². The molecule has 0 aromatic rings. The maximum absolute atomic E-state index is 12.9. The summed E-state index contributed by atoms with van der Waals surface area (Å²) in [6.07, 6.45) is -0.111. The van der Waals surface area contributed by atoms with Gasteiger partial charge < -0.3 is 51.4 Å². The normalized spacial score (nSPS) is 13.3. The van der Waals surface area contributed by atoms with Crippen molar-refractivity contribution in [2.24, 2.45) is 10.8 Å². The van der Waals surface area contributed by atoms with Crippen molar-refractivity contribution in [3.05, 3.63) is 0 Å². The minimum atomic E-state index is -4.85. The van der Waals surface area contributed by atoms with Gasteiger partial charge in [-0.15, -0.1) is 0 Å². The molecule has 320 valence electrons. The summed E-state index contributed by atoms with van der Waals surface area (Å²) in [6, 6.07) is -4.78. The van der Waals surface area contributed by atoms with Crippen molar-refractivity contribution in [3.63, 3.8) is 0 Å². The molecule has 5 amide bonds. The van der Waals surface area contributed by atoms with Gasteiger partial charge >= 0.3 is 17.9 Å². The van der Waals surface area contributed by atoms with Crippen molar-refractivity contribution in [2.75, 3.05) is 45.3 Å². The first-order valence-corrected chi connectivity index (χ1v) is 19.1. The highest BCUT2D eigenvalue weighted by Gasteiger charge is 2.35. The highest BCUT2D eigenvalue weighted by molar-refractivity contribution is 7.85. The molecule has 0 aliphatic heterocycles. The average molecular weight is 826 g/mol. The molecule has 0 spiro atoms. The smallest absolute Gasteiger partial charge is 0.326 e. The summed E-state index contributed by atoms with van der Waals surface area (Å²) in [6.45, 7) is 6.34. The zero-order chi connectivity index (χ0) is 43.1. The number of hydrogen-bond acceptors (Lipinski definition) is 13. The van der Waals surface area contributed by atoms with Gasteiger partial charge in [-0.25, -0.2) is 9.59 Å². The van der Waals surface area contributed by atoms with E-state index in [1.54, 1.807) is 27.7 Å². The monoisotopic (exact) mass is 825 g/mol. The van der Waals surface area contributed by atoms with Gasteiger partial charge in [0, 0.05) is 25.9 Å². The Labute approximate surface area is 324 Å². The highest BCUT2D eigenvalue weighted by Crippen LogP contribution is 2.38. The quantitative estimate of drug-likeness (QED) is 0.0161. The second-order valence-corrected chi connectivity index (χ2v) is 15.9. The van der Waals surface area contributed by atoms with E-state index in [1.165, 1.54) is 0 Å². The van der Waals surface area contributed by atoms with Crippen LogP contribution in [0.15, 0.2) is 0 Å². The molecule has 0 aromatic heterocycles. The molecule has 0 fully saturated rings. The average Bonchev–Trinajstić information content (AvgIpc) is 3.04. The summed E-state index contributed by atoms with van der Waals surface area (Å²) < 4.78 is 43.0. The van der Waals surface area contributed by atoms with Gasteiger partial charge in [-0.1, -0.05) is 27.7 Å². The molecule has 0 rings (SSSR count). The first-order chi connectivity index (χ1) is 25.9. The number of carboxylic acid groups (broad SMARTS) is 3. The lowest BCUT2D eigenvalue weighted by Crippen LogP contribution is -2.54. The van der Waals surface area contributed by atoms with Crippen LogP contribution in [0.3, 0.4) is 0 Å². The molecule has 3 unspecified atom stereocenters. The van der Waals surface area contributed by atoms with E-state index >= 15 is 0 Å². The second kappa shape index (κ2) is 25.4. The van der Waals surface area contributed by atoms with Gasteiger partial charge in [0.25, 0.3) is 16.0 Å². The summed E-state index contributed by atoms with van der Waals surface area (Å²) in [7, 11) is -4.85. The van der Waals surface area contributed by atoms with E-state index in [1.807, 2.05) is 0 Å². The van der Waals surface area contributed by atoms with Crippen LogP contribution in [-0.2, 0) is 62.7 Å². The Morgan fingerprint density at radius 2 is 1.25 bits per heavy atom. The lowest BCUT2D eigenvalue weighted by atomic mass is 9.72. The van der Waals surface area contributed by atoms with E-state index in [0.29, 0.717) is 12.8 Å². The molecule has 3 atom stereocenters. The number of aldehydes is 1. The highest BCUT2D eigenvalue weighted by atomic mass is 32.2. The third-order valence-corrected chi connectivity index (χ3v) is 8.42. The van der Waals surface area contributed by atoms with Crippen LogP contribution in [0.5, 0.6) is 0 Å². The number of unbranched alkanes of at least 4 members (excludes halogenated alkanes) is 1. The summed E-state index contributed by atoms with van der Waals surface area (Å²) in [5, 5.41) is 39.4. The summed E-state index contributed by atoms with van der Waals surface area (Å²) in [5.74, 6) is -9.32. The van der Waals surface area contributed by atoms with Crippen LogP contribution in [0.25, 0.3) is 0 Å². The number of ether oxygens (including phenoxy) is 2. The van der Waals surface area contributed by atoms with Gasteiger partial charge in [-0.05, 0) is 42.9 Å². The van der Waals surface area contributed by atoms with E-state index in [0.717, 1.165) is 0 Å². The zero-order valence-electron chi connectivity index (χ0n) is 31.9. The summed E-state index contributed by atoms with van der Waals surface area (Å²) in [5.41, 5.74) is -1.52. The van der Waals surface area contributed by atoms with Crippen LogP contribution in [-0.4, -0.2) is 145 Å². The number of hydrogen-bond donors (Lipinski definition) is 9. The Bertz CT molecular complexity index is 1490. The fraction of sp³-hybridized carbons (Fsp3) is 0.727. The number of rotatable bonds is 31. The van der Waals surface area contributed by atoms with Gasteiger partial charge in [0.15, 0.2) is 0 Å². The number of carboxylic acids is 3. The minimum Gasteiger partial charge on any atom is -0.481 e. The summed E-state index contributed by atoms with van der Waals surface area (Å²) >= 11 is 0. The predicted molar refractivity (Wildman–Crippen MR) is 193 cm³/mol. The molecule has 0 aliphatic rings. The third-order valence-electron chi connectivity index (χ3n) is 7.66. The molecule has 56 heavy (non-hydrogen) atoms. The lowest BCUT2D eigenvalue weighted by molar-refractivity contribution is -0.143. The SMILES string of the molecule is CC(C)(CC(=O)O)CC(C)(C)CC(=O)NC(CS(=O)(=O)O)C(=O)NC(CCC(=O)NCCOCCOCC(=O)NC(CCCCNC(=O)C=O)C(=O)O)C(=O)O.